The molecule has 2 N–H and O–H groups in total. The molecule has 0 spiro atoms. The summed E-state index contributed by atoms with van der Waals surface area (Å²) in [5.74, 6) is 0.203. The van der Waals surface area contributed by atoms with Crippen molar-refractivity contribution >= 4 is 29.5 Å². The second-order valence-electron chi connectivity index (χ2n) is 6.09. The molecule has 0 atom stereocenters. The van der Waals surface area contributed by atoms with Crippen molar-refractivity contribution in [3.05, 3.63) is 101 Å². The van der Waals surface area contributed by atoms with Gasteiger partial charge in [0.2, 0.25) is 0 Å². The highest BCUT2D eigenvalue weighted by Gasteiger charge is 2.15. The lowest BCUT2D eigenvalue weighted by Gasteiger charge is -2.09. The molecule has 0 unspecified atom stereocenters. The van der Waals surface area contributed by atoms with Gasteiger partial charge in [-0.1, -0.05) is 35.9 Å². The van der Waals surface area contributed by atoms with Crippen molar-refractivity contribution in [2.75, 3.05) is 6.54 Å². The van der Waals surface area contributed by atoms with E-state index in [9.17, 15) is 9.59 Å². The summed E-state index contributed by atoms with van der Waals surface area (Å²) in [4.78, 5) is 25.0. The topological polar surface area (TPSA) is 71.3 Å². The van der Waals surface area contributed by atoms with Crippen molar-refractivity contribution in [1.29, 1.82) is 0 Å². The van der Waals surface area contributed by atoms with Gasteiger partial charge in [0, 0.05) is 28.8 Å². The number of benzene rings is 2. The molecule has 0 fully saturated rings. The first kappa shape index (κ1) is 20.2. The standard InChI is InChI=1S/C23H19ClN2O3/c1-2-14-25-23(28)20(26-22(27)17-6-4-3-5-7-17)15-19-12-13-21(29-19)16-8-10-18(24)11-9-16/h2-13,15H,1,14H2,(H,25,28)(H,26,27). The summed E-state index contributed by atoms with van der Waals surface area (Å²) in [7, 11) is 0. The number of nitrogens with one attached hydrogen (secondary N) is 2. The van der Waals surface area contributed by atoms with Crippen molar-refractivity contribution in [3.63, 3.8) is 0 Å². The molecule has 146 valence electrons. The first-order valence-corrected chi connectivity index (χ1v) is 9.27. The molecule has 3 rings (SSSR count). The Labute approximate surface area is 173 Å². The van der Waals surface area contributed by atoms with E-state index in [1.54, 1.807) is 54.6 Å². The smallest absolute Gasteiger partial charge is 0.268 e. The molecular formula is C23H19ClN2O3. The van der Waals surface area contributed by atoms with Gasteiger partial charge in [0.1, 0.15) is 17.2 Å². The van der Waals surface area contributed by atoms with Crippen molar-refractivity contribution in [1.82, 2.24) is 10.6 Å². The molecular weight excluding hydrogens is 388 g/mol. The highest BCUT2D eigenvalue weighted by molar-refractivity contribution is 6.30. The zero-order valence-electron chi connectivity index (χ0n) is 15.5. The van der Waals surface area contributed by atoms with Gasteiger partial charge in [-0.2, -0.15) is 0 Å². The van der Waals surface area contributed by atoms with Crippen LogP contribution < -0.4 is 10.6 Å². The fourth-order valence-electron chi connectivity index (χ4n) is 2.54. The van der Waals surface area contributed by atoms with Crippen molar-refractivity contribution in [2.24, 2.45) is 0 Å². The number of hydrogen-bond donors (Lipinski definition) is 2. The average Bonchev–Trinajstić information content (AvgIpc) is 3.21. The fraction of sp³-hybridized carbons (Fsp3) is 0.0435. The molecule has 0 aliphatic rings. The maximum Gasteiger partial charge on any atom is 0.268 e. The van der Waals surface area contributed by atoms with Gasteiger partial charge >= 0.3 is 0 Å². The van der Waals surface area contributed by atoms with E-state index in [4.69, 9.17) is 16.0 Å². The summed E-state index contributed by atoms with van der Waals surface area (Å²) >= 11 is 5.92. The quantitative estimate of drug-likeness (QED) is 0.442. The van der Waals surface area contributed by atoms with Crippen LogP contribution in [0.25, 0.3) is 17.4 Å². The zero-order chi connectivity index (χ0) is 20.6. The van der Waals surface area contributed by atoms with Gasteiger partial charge in [0.15, 0.2) is 0 Å². The summed E-state index contributed by atoms with van der Waals surface area (Å²) < 4.78 is 5.81. The Kier molecular flexibility index (Phi) is 6.66. The Morgan fingerprint density at radius 3 is 2.41 bits per heavy atom. The molecule has 0 saturated heterocycles. The Morgan fingerprint density at radius 2 is 1.72 bits per heavy atom. The first-order valence-electron chi connectivity index (χ1n) is 8.90. The van der Waals surface area contributed by atoms with E-state index in [2.05, 4.69) is 17.2 Å². The Hall–Kier alpha value is -3.57. The van der Waals surface area contributed by atoms with E-state index < -0.39 is 11.8 Å². The summed E-state index contributed by atoms with van der Waals surface area (Å²) in [6, 6.07) is 19.4. The number of rotatable bonds is 7. The highest BCUT2D eigenvalue weighted by atomic mass is 35.5. The summed E-state index contributed by atoms with van der Waals surface area (Å²) in [5.41, 5.74) is 1.36. The van der Waals surface area contributed by atoms with Crippen LogP contribution in [-0.2, 0) is 4.79 Å². The van der Waals surface area contributed by atoms with E-state index >= 15 is 0 Å². The monoisotopic (exact) mass is 406 g/mol. The molecule has 1 aromatic heterocycles. The third kappa shape index (κ3) is 5.46. The van der Waals surface area contributed by atoms with Crippen LogP contribution in [0.3, 0.4) is 0 Å². The minimum Gasteiger partial charge on any atom is -0.457 e. The maximum absolute atomic E-state index is 12.5. The number of furan rings is 1. The van der Waals surface area contributed by atoms with E-state index in [-0.39, 0.29) is 12.2 Å². The van der Waals surface area contributed by atoms with E-state index in [0.29, 0.717) is 22.1 Å². The number of carbonyl (C=O) groups excluding carboxylic acids is 2. The van der Waals surface area contributed by atoms with Gasteiger partial charge in [-0.05, 0) is 48.5 Å². The van der Waals surface area contributed by atoms with Gasteiger partial charge in [-0.3, -0.25) is 9.59 Å². The van der Waals surface area contributed by atoms with Gasteiger partial charge in [0.05, 0.1) is 0 Å². The number of halogens is 1. The predicted molar refractivity (Wildman–Crippen MR) is 114 cm³/mol. The molecule has 3 aromatic rings. The Morgan fingerprint density at radius 1 is 1.00 bits per heavy atom. The lowest BCUT2D eigenvalue weighted by molar-refractivity contribution is -0.117. The van der Waals surface area contributed by atoms with Crippen LogP contribution in [0.4, 0.5) is 0 Å². The van der Waals surface area contributed by atoms with Crippen LogP contribution in [0.5, 0.6) is 0 Å². The second kappa shape index (κ2) is 9.57. The minimum absolute atomic E-state index is 0.0673. The zero-order valence-corrected chi connectivity index (χ0v) is 16.3. The van der Waals surface area contributed by atoms with Crippen LogP contribution in [-0.4, -0.2) is 18.4 Å². The van der Waals surface area contributed by atoms with Crippen molar-refractivity contribution in [2.45, 2.75) is 0 Å². The Balaban J connectivity index is 1.86. The molecule has 6 heteroatoms. The molecule has 2 amide bonds. The van der Waals surface area contributed by atoms with Gasteiger partial charge in [-0.25, -0.2) is 0 Å². The van der Waals surface area contributed by atoms with Crippen LogP contribution in [0.2, 0.25) is 5.02 Å². The number of hydrogen-bond acceptors (Lipinski definition) is 3. The molecule has 5 nitrogen and oxygen atoms in total. The highest BCUT2D eigenvalue weighted by Crippen LogP contribution is 2.24. The lowest BCUT2D eigenvalue weighted by Crippen LogP contribution is -2.34. The predicted octanol–water partition coefficient (Wildman–Crippen LogP) is 4.67. The van der Waals surface area contributed by atoms with Crippen LogP contribution >= 0.6 is 11.6 Å². The van der Waals surface area contributed by atoms with Crippen LogP contribution in [0.1, 0.15) is 16.1 Å². The van der Waals surface area contributed by atoms with E-state index in [1.807, 2.05) is 18.2 Å². The molecule has 0 bridgehead atoms. The summed E-state index contributed by atoms with van der Waals surface area (Å²) in [6.07, 6.45) is 3.04. The molecule has 0 radical (unpaired) electrons. The van der Waals surface area contributed by atoms with Crippen molar-refractivity contribution < 1.29 is 14.0 Å². The molecule has 29 heavy (non-hydrogen) atoms. The van der Waals surface area contributed by atoms with E-state index in [1.165, 1.54) is 6.08 Å². The molecule has 0 aliphatic heterocycles. The molecule has 1 heterocycles. The van der Waals surface area contributed by atoms with Gasteiger partial charge < -0.3 is 15.1 Å². The number of carbonyl (C=O) groups is 2. The fourth-order valence-corrected chi connectivity index (χ4v) is 2.67. The minimum atomic E-state index is -0.446. The largest absolute Gasteiger partial charge is 0.457 e. The first-order chi connectivity index (χ1) is 14.1. The molecule has 2 aromatic carbocycles. The van der Waals surface area contributed by atoms with Gasteiger partial charge in [-0.15, -0.1) is 6.58 Å². The normalized spacial score (nSPS) is 11.0. The average molecular weight is 407 g/mol. The SMILES string of the molecule is C=CCNC(=O)C(=Cc1ccc(-c2ccc(Cl)cc2)o1)NC(=O)c1ccccc1. The third-order valence-electron chi connectivity index (χ3n) is 3.98. The maximum atomic E-state index is 12.5. The Bertz CT molecular complexity index is 1040. The van der Waals surface area contributed by atoms with Crippen molar-refractivity contribution in [3.8, 4) is 11.3 Å². The summed E-state index contributed by atoms with van der Waals surface area (Å²) in [6.45, 7) is 3.85. The second-order valence-corrected chi connectivity index (χ2v) is 6.52. The number of amides is 2. The van der Waals surface area contributed by atoms with Crippen LogP contribution in [0, 0.1) is 0 Å². The lowest BCUT2D eigenvalue weighted by atomic mass is 10.2. The van der Waals surface area contributed by atoms with Crippen LogP contribution in [0.15, 0.2) is 89.5 Å². The molecule has 0 aliphatic carbocycles. The summed E-state index contributed by atoms with van der Waals surface area (Å²) in [5, 5.41) is 5.93. The van der Waals surface area contributed by atoms with Gasteiger partial charge in [0.25, 0.3) is 11.8 Å². The third-order valence-corrected chi connectivity index (χ3v) is 4.23. The van der Waals surface area contributed by atoms with E-state index in [0.717, 1.165) is 5.56 Å². The molecule has 0 saturated carbocycles.